The summed E-state index contributed by atoms with van der Waals surface area (Å²) in [5, 5.41) is 6.11. The van der Waals surface area contributed by atoms with Gasteiger partial charge in [-0.15, -0.1) is 0 Å². The highest BCUT2D eigenvalue weighted by atomic mass is 16.5. The van der Waals surface area contributed by atoms with E-state index in [2.05, 4.69) is 24.5 Å². The Morgan fingerprint density at radius 3 is 2.67 bits per heavy atom. The summed E-state index contributed by atoms with van der Waals surface area (Å²) in [5.41, 5.74) is 1.11. The Balaban J connectivity index is 2.59. The lowest BCUT2D eigenvalue weighted by molar-refractivity contribution is -0.123. The van der Waals surface area contributed by atoms with Crippen LogP contribution >= 0.6 is 0 Å². The van der Waals surface area contributed by atoms with Gasteiger partial charge in [0.1, 0.15) is 0 Å². The van der Waals surface area contributed by atoms with E-state index >= 15 is 0 Å². The van der Waals surface area contributed by atoms with Gasteiger partial charge in [-0.25, -0.2) is 0 Å². The number of hydrogen-bond acceptors (Lipinski definition) is 4. The largest absolute Gasteiger partial charge is 0.493 e. The van der Waals surface area contributed by atoms with Crippen LogP contribution in [0.25, 0.3) is 0 Å². The van der Waals surface area contributed by atoms with Gasteiger partial charge in [-0.1, -0.05) is 26.8 Å². The fraction of sp³-hybridized carbons (Fsp3) is 0.562. The molecule has 0 unspecified atom stereocenters. The van der Waals surface area contributed by atoms with Crippen LogP contribution in [0.1, 0.15) is 32.8 Å². The molecule has 118 valence electrons. The first-order chi connectivity index (χ1) is 10.1. The van der Waals surface area contributed by atoms with Gasteiger partial charge in [-0.2, -0.15) is 0 Å². The number of carbonyl (C=O) groups excluding carboxylic acids is 1. The maximum Gasteiger partial charge on any atom is 0.257 e. The maximum atomic E-state index is 11.5. The van der Waals surface area contributed by atoms with E-state index in [4.69, 9.17) is 9.47 Å². The Morgan fingerprint density at radius 2 is 2.05 bits per heavy atom. The summed E-state index contributed by atoms with van der Waals surface area (Å²) in [4.78, 5) is 11.5. The van der Waals surface area contributed by atoms with Crippen LogP contribution in [0.3, 0.4) is 0 Å². The first kappa shape index (κ1) is 17.3. The third-order valence-electron chi connectivity index (χ3n) is 2.87. The van der Waals surface area contributed by atoms with Gasteiger partial charge in [0, 0.05) is 19.1 Å². The number of amides is 1. The quantitative estimate of drug-likeness (QED) is 0.732. The first-order valence-corrected chi connectivity index (χ1v) is 7.36. The third kappa shape index (κ3) is 6.49. The molecule has 0 radical (unpaired) electrons. The molecule has 0 aliphatic rings. The summed E-state index contributed by atoms with van der Waals surface area (Å²) in [6.07, 6.45) is 0.909. The molecule has 21 heavy (non-hydrogen) atoms. The average molecular weight is 294 g/mol. The van der Waals surface area contributed by atoms with E-state index in [1.54, 1.807) is 7.11 Å². The number of carbonyl (C=O) groups is 1. The van der Waals surface area contributed by atoms with Crippen molar-refractivity contribution < 1.29 is 14.3 Å². The minimum Gasteiger partial charge on any atom is -0.493 e. The van der Waals surface area contributed by atoms with Crippen molar-refractivity contribution in [2.45, 2.75) is 39.8 Å². The molecule has 0 aromatic heterocycles. The lowest BCUT2D eigenvalue weighted by atomic mass is 10.2. The maximum absolute atomic E-state index is 11.5. The van der Waals surface area contributed by atoms with Gasteiger partial charge < -0.3 is 20.1 Å². The van der Waals surface area contributed by atoms with Gasteiger partial charge in [-0.05, 0) is 24.1 Å². The van der Waals surface area contributed by atoms with Crippen LogP contribution in [0.4, 0.5) is 0 Å². The topological polar surface area (TPSA) is 59.6 Å². The normalized spacial score (nSPS) is 10.5. The molecule has 0 saturated carbocycles. The number of ether oxygens (including phenoxy) is 2. The molecule has 1 aromatic carbocycles. The van der Waals surface area contributed by atoms with Crippen molar-refractivity contribution in [1.29, 1.82) is 0 Å². The molecule has 0 spiro atoms. The molecule has 2 N–H and O–H groups in total. The van der Waals surface area contributed by atoms with Crippen molar-refractivity contribution >= 4 is 5.91 Å². The fourth-order valence-corrected chi connectivity index (χ4v) is 1.72. The monoisotopic (exact) mass is 294 g/mol. The first-order valence-electron chi connectivity index (χ1n) is 7.36. The van der Waals surface area contributed by atoms with Crippen LogP contribution in [0, 0.1) is 0 Å². The predicted octanol–water partition coefficient (Wildman–Crippen LogP) is 2.10. The lowest BCUT2D eigenvalue weighted by Gasteiger charge is -2.13. The Morgan fingerprint density at radius 1 is 1.29 bits per heavy atom. The van der Waals surface area contributed by atoms with Crippen LogP contribution in [-0.2, 0) is 11.3 Å². The number of nitrogens with one attached hydrogen (secondary N) is 2. The number of benzene rings is 1. The number of methoxy groups -OCH3 is 1. The van der Waals surface area contributed by atoms with E-state index in [0.717, 1.165) is 18.5 Å². The summed E-state index contributed by atoms with van der Waals surface area (Å²) in [7, 11) is 1.60. The Labute approximate surface area is 127 Å². The van der Waals surface area contributed by atoms with Gasteiger partial charge in [0.25, 0.3) is 5.91 Å². The van der Waals surface area contributed by atoms with Gasteiger partial charge >= 0.3 is 0 Å². The third-order valence-corrected chi connectivity index (χ3v) is 2.87. The second-order valence-corrected chi connectivity index (χ2v) is 5.16. The second kappa shape index (κ2) is 9.23. The average Bonchev–Trinajstić information content (AvgIpc) is 2.48. The molecule has 0 aliphatic heterocycles. The van der Waals surface area contributed by atoms with Gasteiger partial charge in [0.15, 0.2) is 18.1 Å². The molecule has 5 nitrogen and oxygen atoms in total. The molecule has 0 aliphatic carbocycles. The van der Waals surface area contributed by atoms with Crippen molar-refractivity contribution in [2.75, 3.05) is 20.3 Å². The number of hydrogen-bond donors (Lipinski definition) is 2. The lowest BCUT2D eigenvalue weighted by Crippen LogP contribution is -2.29. The molecule has 5 heteroatoms. The zero-order chi connectivity index (χ0) is 15.7. The van der Waals surface area contributed by atoms with Crippen LogP contribution in [-0.4, -0.2) is 32.2 Å². The zero-order valence-corrected chi connectivity index (χ0v) is 13.4. The SMILES string of the molecule is CCCNC(=O)COc1ccc(CNC(C)C)cc1OC. The minimum absolute atomic E-state index is 0.0000489. The molecule has 0 atom stereocenters. The van der Waals surface area contributed by atoms with E-state index < -0.39 is 0 Å². The Hall–Kier alpha value is -1.75. The van der Waals surface area contributed by atoms with E-state index in [9.17, 15) is 4.79 Å². The van der Waals surface area contributed by atoms with Crippen LogP contribution < -0.4 is 20.1 Å². The molecule has 0 heterocycles. The fourth-order valence-electron chi connectivity index (χ4n) is 1.72. The van der Waals surface area contributed by atoms with E-state index in [1.807, 2.05) is 25.1 Å². The zero-order valence-electron chi connectivity index (χ0n) is 13.4. The van der Waals surface area contributed by atoms with Crippen LogP contribution in [0.2, 0.25) is 0 Å². The minimum atomic E-state index is -0.121. The van der Waals surface area contributed by atoms with Crippen molar-refractivity contribution in [1.82, 2.24) is 10.6 Å². The van der Waals surface area contributed by atoms with Crippen molar-refractivity contribution in [2.24, 2.45) is 0 Å². The molecular weight excluding hydrogens is 268 g/mol. The number of rotatable bonds is 9. The molecule has 1 amide bonds. The van der Waals surface area contributed by atoms with Gasteiger partial charge in [0.2, 0.25) is 0 Å². The standard InChI is InChI=1S/C16H26N2O3/c1-5-8-17-16(19)11-21-14-7-6-13(9-15(14)20-4)10-18-12(2)3/h6-7,9,12,18H,5,8,10-11H2,1-4H3,(H,17,19). The Kier molecular flexibility index (Phi) is 7.61. The van der Waals surface area contributed by atoms with Gasteiger partial charge in [-0.3, -0.25) is 4.79 Å². The van der Waals surface area contributed by atoms with Crippen molar-refractivity contribution in [3.05, 3.63) is 23.8 Å². The summed E-state index contributed by atoms with van der Waals surface area (Å²) in [6.45, 7) is 7.64. The molecule has 1 rings (SSSR count). The molecular formula is C16H26N2O3. The van der Waals surface area contributed by atoms with Gasteiger partial charge in [0.05, 0.1) is 7.11 Å². The molecule has 1 aromatic rings. The van der Waals surface area contributed by atoms with Crippen LogP contribution in [0.15, 0.2) is 18.2 Å². The van der Waals surface area contributed by atoms with E-state index in [-0.39, 0.29) is 12.5 Å². The van der Waals surface area contributed by atoms with Crippen molar-refractivity contribution in [3.8, 4) is 11.5 Å². The molecule has 0 saturated heterocycles. The summed E-state index contributed by atoms with van der Waals surface area (Å²) in [6, 6.07) is 6.16. The predicted molar refractivity (Wildman–Crippen MR) is 83.8 cm³/mol. The highest BCUT2D eigenvalue weighted by molar-refractivity contribution is 5.77. The highest BCUT2D eigenvalue weighted by Gasteiger charge is 2.08. The smallest absolute Gasteiger partial charge is 0.257 e. The van der Waals surface area contributed by atoms with E-state index in [1.165, 1.54) is 0 Å². The van der Waals surface area contributed by atoms with Crippen LogP contribution in [0.5, 0.6) is 11.5 Å². The van der Waals surface area contributed by atoms with E-state index in [0.29, 0.717) is 24.1 Å². The highest BCUT2D eigenvalue weighted by Crippen LogP contribution is 2.28. The summed E-state index contributed by atoms with van der Waals surface area (Å²) >= 11 is 0. The summed E-state index contributed by atoms with van der Waals surface area (Å²) < 4.78 is 10.8. The molecule has 0 fully saturated rings. The second-order valence-electron chi connectivity index (χ2n) is 5.16. The summed E-state index contributed by atoms with van der Waals surface area (Å²) in [5.74, 6) is 1.10. The molecule has 0 bridgehead atoms. The van der Waals surface area contributed by atoms with Crippen molar-refractivity contribution in [3.63, 3.8) is 0 Å². The Bertz CT molecular complexity index is 447.